The van der Waals surface area contributed by atoms with Gasteiger partial charge < -0.3 is 10.5 Å². The predicted molar refractivity (Wildman–Crippen MR) is 79.1 cm³/mol. The Morgan fingerprint density at radius 1 is 1.25 bits per heavy atom. The van der Waals surface area contributed by atoms with Gasteiger partial charge in [-0.15, -0.1) is 0 Å². The molecule has 0 saturated carbocycles. The number of piperazine rings is 1. The third-order valence-electron chi connectivity index (χ3n) is 3.50. The van der Waals surface area contributed by atoms with Gasteiger partial charge in [-0.05, 0) is 17.7 Å². The van der Waals surface area contributed by atoms with Crippen molar-refractivity contribution in [1.29, 1.82) is 0 Å². The van der Waals surface area contributed by atoms with E-state index in [1.807, 2.05) is 18.2 Å². The van der Waals surface area contributed by atoms with E-state index >= 15 is 0 Å². The number of ether oxygens (including phenoxy) is 1. The molecule has 0 amide bonds. The Bertz CT molecular complexity index is 566. The largest absolute Gasteiger partial charge is 0.495 e. The molecule has 7 heteroatoms. The van der Waals surface area contributed by atoms with Crippen molar-refractivity contribution in [2.45, 2.75) is 6.54 Å². The van der Waals surface area contributed by atoms with Crippen LogP contribution in [0.2, 0.25) is 0 Å². The van der Waals surface area contributed by atoms with E-state index in [0.29, 0.717) is 24.5 Å². The average Bonchev–Trinajstić information content (AvgIpc) is 2.38. The Hall–Kier alpha value is -1.31. The number of rotatable bonds is 4. The number of nitrogen functional groups attached to an aromatic ring is 1. The molecular weight excluding hydrogens is 278 g/mol. The molecule has 112 valence electrons. The smallest absolute Gasteiger partial charge is 0.211 e. The van der Waals surface area contributed by atoms with Crippen LogP contribution in [-0.4, -0.2) is 57.2 Å². The standard InChI is InChI=1S/C13H21N3O3S/c1-19-13-4-3-11(9-12(13)14)10-15-5-7-16(8-6-15)20(2,17)18/h3-4,9H,5-8,10,14H2,1-2H3. The van der Waals surface area contributed by atoms with Crippen molar-refractivity contribution in [2.75, 3.05) is 45.3 Å². The zero-order chi connectivity index (χ0) is 14.8. The number of methoxy groups -OCH3 is 1. The fraction of sp³-hybridized carbons (Fsp3) is 0.538. The second-order valence-corrected chi connectivity index (χ2v) is 7.00. The van der Waals surface area contributed by atoms with Crippen LogP contribution in [0.15, 0.2) is 18.2 Å². The summed E-state index contributed by atoms with van der Waals surface area (Å²) >= 11 is 0. The molecule has 20 heavy (non-hydrogen) atoms. The molecule has 1 saturated heterocycles. The molecule has 0 atom stereocenters. The maximum absolute atomic E-state index is 11.4. The molecule has 2 rings (SSSR count). The first-order chi connectivity index (χ1) is 9.40. The van der Waals surface area contributed by atoms with Gasteiger partial charge in [0.05, 0.1) is 19.1 Å². The van der Waals surface area contributed by atoms with Crippen LogP contribution in [0.25, 0.3) is 0 Å². The summed E-state index contributed by atoms with van der Waals surface area (Å²) < 4.78 is 29.5. The highest BCUT2D eigenvalue weighted by atomic mass is 32.2. The quantitative estimate of drug-likeness (QED) is 0.812. The van der Waals surface area contributed by atoms with Gasteiger partial charge in [-0.2, -0.15) is 4.31 Å². The lowest BCUT2D eigenvalue weighted by molar-refractivity contribution is 0.182. The van der Waals surface area contributed by atoms with Gasteiger partial charge in [0, 0.05) is 32.7 Å². The first-order valence-electron chi connectivity index (χ1n) is 6.50. The van der Waals surface area contributed by atoms with Crippen molar-refractivity contribution >= 4 is 15.7 Å². The monoisotopic (exact) mass is 299 g/mol. The molecule has 0 spiro atoms. The van der Waals surface area contributed by atoms with Crippen molar-refractivity contribution in [3.8, 4) is 5.75 Å². The minimum atomic E-state index is -3.07. The molecule has 1 heterocycles. The summed E-state index contributed by atoms with van der Waals surface area (Å²) in [5.74, 6) is 0.677. The zero-order valence-electron chi connectivity index (χ0n) is 11.9. The Morgan fingerprint density at radius 3 is 2.40 bits per heavy atom. The Morgan fingerprint density at radius 2 is 1.90 bits per heavy atom. The lowest BCUT2D eigenvalue weighted by atomic mass is 10.1. The second-order valence-electron chi connectivity index (χ2n) is 5.01. The fourth-order valence-corrected chi connectivity index (χ4v) is 3.19. The molecule has 1 aromatic rings. The zero-order valence-corrected chi connectivity index (χ0v) is 12.7. The van der Waals surface area contributed by atoms with E-state index in [2.05, 4.69) is 4.90 Å². The molecule has 2 N–H and O–H groups in total. The van der Waals surface area contributed by atoms with Gasteiger partial charge in [0.2, 0.25) is 10.0 Å². The van der Waals surface area contributed by atoms with E-state index in [-0.39, 0.29) is 0 Å². The summed E-state index contributed by atoms with van der Waals surface area (Å²) in [5.41, 5.74) is 7.62. The first kappa shape index (κ1) is 15.1. The summed E-state index contributed by atoms with van der Waals surface area (Å²) in [7, 11) is -1.47. The van der Waals surface area contributed by atoms with E-state index in [1.165, 1.54) is 10.6 Å². The highest BCUT2D eigenvalue weighted by Crippen LogP contribution is 2.23. The highest BCUT2D eigenvalue weighted by Gasteiger charge is 2.23. The summed E-state index contributed by atoms with van der Waals surface area (Å²) in [5, 5.41) is 0. The molecule has 1 aliphatic heterocycles. The summed E-state index contributed by atoms with van der Waals surface area (Å²) in [6.45, 7) is 3.33. The van der Waals surface area contributed by atoms with Crippen LogP contribution in [0.3, 0.4) is 0 Å². The van der Waals surface area contributed by atoms with Gasteiger partial charge in [0.1, 0.15) is 5.75 Å². The van der Waals surface area contributed by atoms with Crippen molar-refractivity contribution in [1.82, 2.24) is 9.21 Å². The molecule has 6 nitrogen and oxygen atoms in total. The second kappa shape index (κ2) is 5.99. The SMILES string of the molecule is COc1ccc(CN2CCN(S(C)(=O)=O)CC2)cc1N. The topological polar surface area (TPSA) is 75.9 Å². The van der Waals surface area contributed by atoms with E-state index < -0.39 is 10.0 Å². The number of hydrogen-bond acceptors (Lipinski definition) is 5. The molecular formula is C13H21N3O3S. The molecule has 1 fully saturated rings. The number of nitrogens with two attached hydrogens (primary N) is 1. The van der Waals surface area contributed by atoms with Crippen LogP contribution in [0.4, 0.5) is 5.69 Å². The van der Waals surface area contributed by atoms with Crippen LogP contribution < -0.4 is 10.5 Å². The molecule has 0 aromatic heterocycles. The third-order valence-corrected chi connectivity index (χ3v) is 4.80. The van der Waals surface area contributed by atoms with Crippen LogP contribution in [0, 0.1) is 0 Å². The van der Waals surface area contributed by atoms with Crippen LogP contribution in [-0.2, 0) is 16.6 Å². The van der Waals surface area contributed by atoms with Crippen molar-refractivity contribution in [3.63, 3.8) is 0 Å². The van der Waals surface area contributed by atoms with Gasteiger partial charge in [-0.3, -0.25) is 4.90 Å². The van der Waals surface area contributed by atoms with Crippen LogP contribution in [0.1, 0.15) is 5.56 Å². The lowest BCUT2D eigenvalue weighted by Gasteiger charge is -2.33. The maximum Gasteiger partial charge on any atom is 0.211 e. The van der Waals surface area contributed by atoms with E-state index in [0.717, 1.165) is 25.2 Å². The summed E-state index contributed by atoms with van der Waals surface area (Å²) in [6, 6.07) is 5.75. The molecule has 1 aromatic carbocycles. The number of sulfonamides is 1. The Labute approximate surface area is 120 Å². The van der Waals surface area contributed by atoms with Crippen LogP contribution >= 0.6 is 0 Å². The normalized spacial score (nSPS) is 18.1. The molecule has 0 aliphatic carbocycles. The van der Waals surface area contributed by atoms with Crippen molar-refractivity contribution in [3.05, 3.63) is 23.8 Å². The highest BCUT2D eigenvalue weighted by molar-refractivity contribution is 7.88. The van der Waals surface area contributed by atoms with Gasteiger partial charge in [-0.25, -0.2) is 8.42 Å². The van der Waals surface area contributed by atoms with Crippen LogP contribution in [0.5, 0.6) is 5.75 Å². The number of benzene rings is 1. The molecule has 0 bridgehead atoms. The first-order valence-corrected chi connectivity index (χ1v) is 8.35. The van der Waals surface area contributed by atoms with E-state index in [4.69, 9.17) is 10.5 Å². The predicted octanol–water partition coefficient (Wildman–Crippen LogP) is 0.355. The van der Waals surface area contributed by atoms with E-state index in [1.54, 1.807) is 7.11 Å². The van der Waals surface area contributed by atoms with Gasteiger partial charge in [-0.1, -0.05) is 6.07 Å². The molecule has 0 radical (unpaired) electrons. The third kappa shape index (κ3) is 3.62. The Kier molecular flexibility index (Phi) is 4.52. The summed E-state index contributed by atoms with van der Waals surface area (Å²) in [6.07, 6.45) is 1.26. The average molecular weight is 299 g/mol. The minimum Gasteiger partial charge on any atom is -0.495 e. The number of hydrogen-bond donors (Lipinski definition) is 1. The number of nitrogens with zero attached hydrogens (tertiary/aromatic N) is 2. The Balaban J connectivity index is 1.94. The fourth-order valence-electron chi connectivity index (χ4n) is 2.36. The van der Waals surface area contributed by atoms with Crippen molar-refractivity contribution < 1.29 is 13.2 Å². The molecule has 1 aliphatic rings. The summed E-state index contributed by atoms with van der Waals surface area (Å²) in [4.78, 5) is 2.23. The number of anilines is 1. The minimum absolute atomic E-state index is 0.546. The van der Waals surface area contributed by atoms with Crippen molar-refractivity contribution in [2.24, 2.45) is 0 Å². The maximum atomic E-state index is 11.4. The van der Waals surface area contributed by atoms with E-state index in [9.17, 15) is 8.42 Å². The lowest BCUT2D eigenvalue weighted by Crippen LogP contribution is -2.47. The van der Waals surface area contributed by atoms with Gasteiger partial charge in [0.25, 0.3) is 0 Å². The molecule has 0 unspecified atom stereocenters. The van der Waals surface area contributed by atoms with Gasteiger partial charge in [0.15, 0.2) is 0 Å². The van der Waals surface area contributed by atoms with Gasteiger partial charge >= 0.3 is 0 Å².